The van der Waals surface area contributed by atoms with Crippen LogP contribution in [-0.4, -0.2) is 61.6 Å². The van der Waals surface area contributed by atoms with Crippen molar-refractivity contribution in [1.82, 2.24) is 10.2 Å². The van der Waals surface area contributed by atoms with Crippen molar-refractivity contribution in [2.45, 2.75) is 12.8 Å². The molecule has 0 radical (unpaired) electrons. The lowest BCUT2D eigenvalue weighted by atomic mass is 10.1. The number of piperazine rings is 1. The van der Waals surface area contributed by atoms with Gasteiger partial charge in [-0.15, -0.1) is 0 Å². The highest BCUT2D eigenvalue weighted by Crippen LogP contribution is 2.28. The first kappa shape index (κ1) is 21.8. The van der Waals surface area contributed by atoms with Gasteiger partial charge in [-0.05, 0) is 37.6 Å². The zero-order chi connectivity index (χ0) is 22.3. The second-order valence-corrected chi connectivity index (χ2v) is 8.03. The molecule has 8 heteroatoms. The first-order chi connectivity index (χ1) is 15.6. The summed E-state index contributed by atoms with van der Waals surface area (Å²) in [5, 5.41) is 14.3. The summed E-state index contributed by atoms with van der Waals surface area (Å²) in [6.45, 7) is 5.19. The van der Waals surface area contributed by atoms with E-state index in [1.807, 2.05) is 42.5 Å². The van der Waals surface area contributed by atoms with Crippen LogP contribution in [0, 0.1) is 10.1 Å². The number of nitrogens with one attached hydrogen (secondary N) is 1. The van der Waals surface area contributed by atoms with E-state index in [1.165, 1.54) is 0 Å². The molecule has 0 aliphatic carbocycles. The van der Waals surface area contributed by atoms with E-state index in [0.29, 0.717) is 24.4 Å². The molecule has 0 spiro atoms. The molecular weight excluding hydrogens is 408 g/mol. The topological polar surface area (TPSA) is 88.0 Å². The first-order valence-electron chi connectivity index (χ1n) is 11.0. The molecule has 8 nitrogen and oxygen atoms in total. The molecule has 0 atom stereocenters. The smallest absolute Gasteiger partial charge is 0.292 e. The average molecular weight is 437 g/mol. The Labute approximate surface area is 187 Å². The van der Waals surface area contributed by atoms with Gasteiger partial charge in [-0.3, -0.25) is 19.8 Å². The minimum absolute atomic E-state index is 0.0717. The summed E-state index contributed by atoms with van der Waals surface area (Å²) in [5.41, 5.74) is 2.45. The molecule has 168 valence electrons. The number of para-hydroxylation sites is 3. The van der Waals surface area contributed by atoms with Gasteiger partial charge in [-0.1, -0.05) is 30.3 Å². The van der Waals surface area contributed by atoms with E-state index in [4.69, 9.17) is 4.74 Å². The SMILES string of the molecule is O=C(NCCCCN1CCN(c2ccccc2[N+](=O)[O-])CC1)C1=Cc2ccccc2OC1. The van der Waals surface area contributed by atoms with Crippen molar-refractivity contribution in [3.05, 3.63) is 69.8 Å². The number of anilines is 1. The number of nitro benzene ring substituents is 1. The number of hydrogen-bond acceptors (Lipinski definition) is 6. The Morgan fingerprint density at radius 2 is 1.78 bits per heavy atom. The molecule has 1 N–H and O–H groups in total. The van der Waals surface area contributed by atoms with E-state index >= 15 is 0 Å². The Hall–Kier alpha value is -3.39. The maximum atomic E-state index is 12.4. The van der Waals surface area contributed by atoms with Crippen LogP contribution in [0.25, 0.3) is 6.08 Å². The van der Waals surface area contributed by atoms with Crippen LogP contribution in [0.4, 0.5) is 11.4 Å². The van der Waals surface area contributed by atoms with Crippen molar-refractivity contribution >= 4 is 23.4 Å². The van der Waals surface area contributed by atoms with E-state index in [2.05, 4.69) is 15.1 Å². The fourth-order valence-electron chi connectivity index (χ4n) is 4.12. The van der Waals surface area contributed by atoms with Gasteiger partial charge < -0.3 is 15.0 Å². The Morgan fingerprint density at radius 1 is 1.03 bits per heavy atom. The van der Waals surface area contributed by atoms with Crippen LogP contribution in [0.15, 0.2) is 54.1 Å². The van der Waals surface area contributed by atoms with Crippen molar-refractivity contribution in [3.63, 3.8) is 0 Å². The quantitative estimate of drug-likeness (QED) is 0.389. The number of nitrogens with zero attached hydrogens (tertiary/aromatic N) is 3. The largest absolute Gasteiger partial charge is 0.488 e. The molecule has 2 aliphatic rings. The van der Waals surface area contributed by atoms with Crippen LogP contribution >= 0.6 is 0 Å². The van der Waals surface area contributed by atoms with Crippen LogP contribution in [0.3, 0.4) is 0 Å². The summed E-state index contributed by atoms with van der Waals surface area (Å²) in [6, 6.07) is 14.6. The van der Waals surface area contributed by atoms with Crippen molar-refractivity contribution in [2.24, 2.45) is 0 Å². The molecular formula is C24H28N4O4. The number of rotatable bonds is 8. The molecule has 4 rings (SSSR count). The molecule has 0 unspecified atom stereocenters. The number of nitro groups is 1. The van der Waals surface area contributed by atoms with Crippen LogP contribution in [0.2, 0.25) is 0 Å². The van der Waals surface area contributed by atoms with Gasteiger partial charge in [0.2, 0.25) is 0 Å². The maximum absolute atomic E-state index is 12.4. The fourth-order valence-corrected chi connectivity index (χ4v) is 4.12. The van der Waals surface area contributed by atoms with Gasteiger partial charge in [0.1, 0.15) is 18.0 Å². The lowest BCUT2D eigenvalue weighted by molar-refractivity contribution is -0.384. The first-order valence-corrected chi connectivity index (χ1v) is 11.0. The number of unbranched alkanes of at least 4 members (excludes halogenated alkanes) is 1. The molecule has 0 bridgehead atoms. The molecule has 0 aromatic heterocycles. The summed E-state index contributed by atoms with van der Waals surface area (Å²) in [6.07, 6.45) is 3.79. The number of ether oxygens (including phenoxy) is 1. The highest BCUT2D eigenvalue weighted by molar-refractivity contribution is 5.99. The van der Waals surface area contributed by atoms with E-state index < -0.39 is 0 Å². The van der Waals surface area contributed by atoms with Gasteiger partial charge in [0.05, 0.1) is 10.5 Å². The molecule has 0 saturated carbocycles. The van der Waals surface area contributed by atoms with Gasteiger partial charge in [-0.25, -0.2) is 0 Å². The normalized spacial score (nSPS) is 16.0. The average Bonchev–Trinajstić information content (AvgIpc) is 2.83. The summed E-state index contributed by atoms with van der Waals surface area (Å²) in [4.78, 5) is 27.8. The summed E-state index contributed by atoms with van der Waals surface area (Å²) >= 11 is 0. The van der Waals surface area contributed by atoms with E-state index in [9.17, 15) is 14.9 Å². The van der Waals surface area contributed by atoms with Crippen LogP contribution in [0.5, 0.6) is 5.75 Å². The van der Waals surface area contributed by atoms with Crippen LogP contribution in [0.1, 0.15) is 18.4 Å². The second kappa shape index (κ2) is 10.3. The van der Waals surface area contributed by atoms with E-state index in [0.717, 1.165) is 56.9 Å². The summed E-state index contributed by atoms with van der Waals surface area (Å²) in [5.74, 6) is 0.739. The Bertz CT molecular complexity index is 999. The Morgan fingerprint density at radius 3 is 2.59 bits per heavy atom. The molecule has 2 heterocycles. The molecule has 2 aliphatic heterocycles. The molecule has 1 amide bonds. The zero-order valence-corrected chi connectivity index (χ0v) is 18.0. The Balaban J connectivity index is 1.15. The van der Waals surface area contributed by atoms with E-state index in [-0.39, 0.29) is 16.5 Å². The predicted molar refractivity (Wildman–Crippen MR) is 124 cm³/mol. The number of amides is 1. The van der Waals surface area contributed by atoms with Gasteiger partial charge in [0.15, 0.2) is 0 Å². The Kier molecular flexibility index (Phi) is 7.01. The third-order valence-electron chi connectivity index (χ3n) is 5.90. The standard InChI is InChI=1S/C24H28N4O4/c29-24(20-17-19-7-1-4-10-23(19)32-18-20)25-11-5-6-12-26-13-15-27(16-14-26)21-8-2-3-9-22(21)28(30)31/h1-4,7-10,17H,5-6,11-16,18H2,(H,25,29). The van der Waals surface area contributed by atoms with Crippen LogP contribution < -0.4 is 15.0 Å². The lowest BCUT2D eigenvalue weighted by Gasteiger charge is -2.35. The maximum Gasteiger partial charge on any atom is 0.292 e. The zero-order valence-electron chi connectivity index (χ0n) is 18.0. The number of hydrogen-bond donors (Lipinski definition) is 1. The van der Waals surface area contributed by atoms with Crippen LogP contribution in [-0.2, 0) is 4.79 Å². The molecule has 2 aromatic carbocycles. The number of carbonyl (C=O) groups excluding carboxylic acids is 1. The predicted octanol–water partition coefficient (Wildman–Crippen LogP) is 3.09. The fraction of sp³-hybridized carbons (Fsp3) is 0.375. The number of fused-ring (bicyclic) bond motifs is 1. The molecule has 32 heavy (non-hydrogen) atoms. The van der Waals surface area contributed by atoms with Gasteiger partial charge in [-0.2, -0.15) is 0 Å². The summed E-state index contributed by atoms with van der Waals surface area (Å²) < 4.78 is 5.65. The van der Waals surface area contributed by atoms with E-state index in [1.54, 1.807) is 12.1 Å². The minimum atomic E-state index is -0.315. The summed E-state index contributed by atoms with van der Waals surface area (Å²) in [7, 11) is 0. The van der Waals surface area contributed by atoms with Gasteiger partial charge in [0.25, 0.3) is 11.6 Å². The van der Waals surface area contributed by atoms with Crippen molar-refractivity contribution < 1.29 is 14.5 Å². The van der Waals surface area contributed by atoms with Gasteiger partial charge in [0, 0.05) is 44.4 Å². The minimum Gasteiger partial charge on any atom is -0.488 e. The molecule has 2 aromatic rings. The van der Waals surface area contributed by atoms with Gasteiger partial charge >= 0.3 is 0 Å². The third-order valence-corrected chi connectivity index (χ3v) is 5.90. The molecule has 1 saturated heterocycles. The molecule has 1 fully saturated rings. The lowest BCUT2D eigenvalue weighted by Crippen LogP contribution is -2.46. The highest BCUT2D eigenvalue weighted by atomic mass is 16.6. The van der Waals surface area contributed by atoms with Crippen molar-refractivity contribution in [2.75, 3.05) is 50.8 Å². The monoisotopic (exact) mass is 436 g/mol. The highest BCUT2D eigenvalue weighted by Gasteiger charge is 2.23. The third kappa shape index (κ3) is 5.26. The number of carbonyl (C=O) groups is 1. The van der Waals surface area contributed by atoms with Crippen molar-refractivity contribution in [3.8, 4) is 5.75 Å². The van der Waals surface area contributed by atoms with Crippen molar-refractivity contribution in [1.29, 1.82) is 0 Å². The second-order valence-electron chi connectivity index (χ2n) is 8.03. The number of benzene rings is 2.